The lowest BCUT2D eigenvalue weighted by Crippen LogP contribution is -2.16. The van der Waals surface area contributed by atoms with Gasteiger partial charge in [0.25, 0.3) is 0 Å². The number of aromatic nitrogens is 1. The second-order valence-electron chi connectivity index (χ2n) is 3.78. The van der Waals surface area contributed by atoms with Gasteiger partial charge < -0.3 is 5.32 Å². The molecule has 3 nitrogen and oxygen atoms in total. The van der Waals surface area contributed by atoms with E-state index in [2.05, 4.69) is 10.3 Å². The van der Waals surface area contributed by atoms with Crippen LogP contribution in [0.2, 0.25) is 0 Å². The standard InChI is InChI=1S/C13H9F3N2O/c14-9-4-1-3-8(13(9)16)7-12(19)18-11-6-2-5-10(15)17-11/h1-6H,7H2,(H,17,18,19). The smallest absolute Gasteiger partial charge is 0.230 e. The third-order valence-corrected chi connectivity index (χ3v) is 2.37. The van der Waals surface area contributed by atoms with E-state index in [-0.39, 0.29) is 17.8 Å². The number of hydrogen-bond donors (Lipinski definition) is 1. The van der Waals surface area contributed by atoms with Crippen molar-refractivity contribution in [3.8, 4) is 0 Å². The summed E-state index contributed by atoms with van der Waals surface area (Å²) >= 11 is 0. The minimum absolute atomic E-state index is 0.0156. The van der Waals surface area contributed by atoms with E-state index in [0.29, 0.717) is 0 Å². The van der Waals surface area contributed by atoms with Crippen LogP contribution in [-0.4, -0.2) is 10.9 Å². The van der Waals surface area contributed by atoms with Crippen LogP contribution < -0.4 is 5.32 Å². The van der Waals surface area contributed by atoms with Gasteiger partial charge in [0.15, 0.2) is 11.6 Å². The van der Waals surface area contributed by atoms with Crippen LogP contribution in [0.5, 0.6) is 0 Å². The summed E-state index contributed by atoms with van der Waals surface area (Å²) < 4.78 is 39.1. The van der Waals surface area contributed by atoms with Gasteiger partial charge in [-0.2, -0.15) is 4.39 Å². The van der Waals surface area contributed by atoms with Crippen molar-refractivity contribution in [3.63, 3.8) is 0 Å². The summed E-state index contributed by atoms with van der Waals surface area (Å²) in [6.45, 7) is 0. The van der Waals surface area contributed by atoms with E-state index in [1.807, 2.05) is 0 Å². The van der Waals surface area contributed by atoms with Crippen molar-refractivity contribution in [1.29, 1.82) is 0 Å². The van der Waals surface area contributed by atoms with Gasteiger partial charge in [0.1, 0.15) is 5.82 Å². The zero-order valence-electron chi connectivity index (χ0n) is 9.66. The zero-order valence-corrected chi connectivity index (χ0v) is 9.66. The number of nitrogens with one attached hydrogen (secondary N) is 1. The molecule has 98 valence electrons. The predicted octanol–water partition coefficient (Wildman–Crippen LogP) is 2.68. The number of anilines is 1. The molecule has 2 rings (SSSR count). The van der Waals surface area contributed by atoms with Gasteiger partial charge in [0.2, 0.25) is 11.9 Å². The SMILES string of the molecule is O=C(Cc1cccc(F)c1F)Nc1cccc(F)n1. The highest BCUT2D eigenvalue weighted by Gasteiger charge is 2.12. The van der Waals surface area contributed by atoms with Crippen molar-refractivity contribution < 1.29 is 18.0 Å². The van der Waals surface area contributed by atoms with E-state index < -0.39 is 23.5 Å². The Morgan fingerprint density at radius 3 is 2.58 bits per heavy atom. The molecular weight excluding hydrogens is 257 g/mol. The topological polar surface area (TPSA) is 42.0 Å². The van der Waals surface area contributed by atoms with E-state index in [9.17, 15) is 18.0 Å². The van der Waals surface area contributed by atoms with Crippen molar-refractivity contribution >= 4 is 11.7 Å². The Morgan fingerprint density at radius 2 is 1.84 bits per heavy atom. The molecule has 0 aliphatic rings. The molecule has 19 heavy (non-hydrogen) atoms. The van der Waals surface area contributed by atoms with Crippen LogP contribution >= 0.6 is 0 Å². The summed E-state index contributed by atoms with van der Waals surface area (Å²) in [5.41, 5.74) is -0.0751. The highest BCUT2D eigenvalue weighted by molar-refractivity contribution is 5.91. The maximum absolute atomic E-state index is 13.3. The number of hydrogen-bond acceptors (Lipinski definition) is 2. The Labute approximate surface area is 107 Å². The molecule has 0 saturated carbocycles. The molecule has 1 aromatic heterocycles. The maximum atomic E-state index is 13.3. The highest BCUT2D eigenvalue weighted by Crippen LogP contribution is 2.13. The van der Waals surface area contributed by atoms with Crippen LogP contribution in [0.1, 0.15) is 5.56 Å². The number of rotatable bonds is 3. The lowest BCUT2D eigenvalue weighted by Gasteiger charge is -2.05. The molecular formula is C13H9F3N2O. The van der Waals surface area contributed by atoms with Gasteiger partial charge in [-0.05, 0) is 18.2 Å². The van der Waals surface area contributed by atoms with Crippen molar-refractivity contribution in [1.82, 2.24) is 4.98 Å². The molecule has 0 unspecified atom stereocenters. The first-order chi connectivity index (χ1) is 9.06. The Kier molecular flexibility index (Phi) is 3.79. The van der Waals surface area contributed by atoms with Crippen molar-refractivity contribution in [2.45, 2.75) is 6.42 Å². The first-order valence-corrected chi connectivity index (χ1v) is 5.41. The third kappa shape index (κ3) is 3.31. The van der Waals surface area contributed by atoms with Gasteiger partial charge in [0, 0.05) is 5.56 Å². The van der Waals surface area contributed by atoms with Crippen LogP contribution in [-0.2, 0) is 11.2 Å². The third-order valence-electron chi connectivity index (χ3n) is 2.37. The highest BCUT2D eigenvalue weighted by atomic mass is 19.2. The lowest BCUT2D eigenvalue weighted by molar-refractivity contribution is -0.115. The molecule has 1 N–H and O–H groups in total. The fourth-order valence-corrected chi connectivity index (χ4v) is 1.52. The van der Waals surface area contributed by atoms with E-state index in [4.69, 9.17) is 0 Å². The van der Waals surface area contributed by atoms with Gasteiger partial charge in [-0.25, -0.2) is 13.8 Å². The van der Waals surface area contributed by atoms with E-state index in [1.54, 1.807) is 0 Å². The minimum Gasteiger partial charge on any atom is -0.310 e. The van der Waals surface area contributed by atoms with Gasteiger partial charge in [-0.3, -0.25) is 4.79 Å². The molecule has 6 heteroatoms. The van der Waals surface area contributed by atoms with Gasteiger partial charge in [0.05, 0.1) is 6.42 Å². The normalized spacial score (nSPS) is 10.3. The molecule has 1 amide bonds. The van der Waals surface area contributed by atoms with Crippen molar-refractivity contribution in [2.24, 2.45) is 0 Å². The number of pyridine rings is 1. The van der Waals surface area contributed by atoms with Gasteiger partial charge in [-0.1, -0.05) is 18.2 Å². The second kappa shape index (κ2) is 5.51. The van der Waals surface area contributed by atoms with E-state index in [1.165, 1.54) is 24.3 Å². The van der Waals surface area contributed by atoms with Crippen LogP contribution in [0.25, 0.3) is 0 Å². The first-order valence-electron chi connectivity index (χ1n) is 5.41. The zero-order chi connectivity index (χ0) is 13.8. The first kappa shape index (κ1) is 13.1. The van der Waals surface area contributed by atoms with Crippen LogP contribution in [0.3, 0.4) is 0 Å². The van der Waals surface area contributed by atoms with E-state index in [0.717, 1.165) is 12.1 Å². The molecule has 2 aromatic rings. The minimum atomic E-state index is -1.06. The quantitative estimate of drug-likeness (QED) is 0.868. The van der Waals surface area contributed by atoms with Crippen molar-refractivity contribution in [2.75, 3.05) is 5.32 Å². The van der Waals surface area contributed by atoms with Gasteiger partial charge >= 0.3 is 0 Å². The number of amides is 1. The average molecular weight is 266 g/mol. The molecule has 0 bridgehead atoms. The number of carbonyl (C=O) groups excluding carboxylic acids is 1. The summed E-state index contributed by atoms with van der Waals surface area (Å²) in [6, 6.07) is 7.47. The lowest BCUT2D eigenvalue weighted by atomic mass is 10.1. The summed E-state index contributed by atoms with van der Waals surface area (Å²) in [5.74, 6) is -3.42. The average Bonchev–Trinajstić information content (AvgIpc) is 2.35. The Hall–Kier alpha value is -2.37. The summed E-state index contributed by atoms with van der Waals surface area (Å²) in [7, 11) is 0. The van der Waals surface area contributed by atoms with Crippen LogP contribution in [0.15, 0.2) is 36.4 Å². The Morgan fingerprint density at radius 1 is 1.11 bits per heavy atom. The molecule has 0 fully saturated rings. The number of carbonyl (C=O) groups is 1. The fraction of sp³-hybridized carbons (Fsp3) is 0.0769. The molecule has 1 aromatic carbocycles. The molecule has 0 radical (unpaired) electrons. The second-order valence-corrected chi connectivity index (χ2v) is 3.78. The van der Waals surface area contributed by atoms with Crippen molar-refractivity contribution in [3.05, 3.63) is 59.5 Å². The Balaban J connectivity index is 2.08. The molecule has 0 spiro atoms. The molecule has 0 saturated heterocycles. The fourth-order valence-electron chi connectivity index (χ4n) is 1.52. The molecule has 0 aliphatic heterocycles. The van der Waals surface area contributed by atoms with Gasteiger partial charge in [-0.15, -0.1) is 0 Å². The summed E-state index contributed by atoms with van der Waals surface area (Å²) in [4.78, 5) is 15.0. The molecule has 0 aliphatic carbocycles. The van der Waals surface area contributed by atoms with Crippen LogP contribution in [0.4, 0.5) is 19.0 Å². The maximum Gasteiger partial charge on any atom is 0.230 e. The monoisotopic (exact) mass is 266 g/mol. The number of benzene rings is 1. The largest absolute Gasteiger partial charge is 0.310 e. The van der Waals surface area contributed by atoms with E-state index >= 15 is 0 Å². The van der Waals surface area contributed by atoms with Crippen LogP contribution in [0, 0.1) is 17.6 Å². The predicted molar refractivity (Wildman–Crippen MR) is 62.9 cm³/mol. The summed E-state index contributed by atoms with van der Waals surface area (Å²) in [5, 5.41) is 2.30. The molecule has 0 atom stereocenters. The summed E-state index contributed by atoms with van der Waals surface area (Å²) in [6.07, 6.45) is -0.359. The molecule has 1 heterocycles. The Bertz CT molecular complexity index is 617. The number of nitrogens with zero attached hydrogens (tertiary/aromatic N) is 1. The number of halogens is 3.